The van der Waals surface area contributed by atoms with Gasteiger partial charge in [0.1, 0.15) is 0 Å². The minimum absolute atomic E-state index is 0.0433. The number of rotatable bonds is 6. The monoisotopic (exact) mass is 263 g/mol. The van der Waals surface area contributed by atoms with Crippen molar-refractivity contribution >= 4 is 11.7 Å². The van der Waals surface area contributed by atoms with E-state index in [1.807, 2.05) is 26.0 Å². The van der Waals surface area contributed by atoms with E-state index in [2.05, 4.69) is 0 Å². The van der Waals surface area contributed by atoms with Gasteiger partial charge < -0.3 is 4.74 Å². The van der Waals surface area contributed by atoms with Gasteiger partial charge >= 0.3 is 5.97 Å². The number of allylic oxidation sites excluding steroid dienone is 2. The first-order chi connectivity index (χ1) is 9.04. The summed E-state index contributed by atoms with van der Waals surface area (Å²) in [5.41, 5.74) is 0.280. The predicted octanol–water partition coefficient (Wildman–Crippen LogP) is 3.35. The minimum atomic E-state index is -0.506. The Morgan fingerprint density at radius 3 is 2.58 bits per heavy atom. The van der Waals surface area contributed by atoms with E-state index in [4.69, 9.17) is 4.74 Å². The number of carbonyl (C=O) groups is 1. The van der Waals surface area contributed by atoms with E-state index in [9.17, 15) is 14.9 Å². The molecule has 0 N–H and O–H groups in total. The van der Waals surface area contributed by atoms with Crippen LogP contribution in [0.5, 0.6) is 0 Å². The zero-order valence-corrected chi connectivity index (χ0v) is 11.0. The van der Waals surface area contributed by atoms with Crippen LogP contribution in [0.25, 0.3) is 0 Å². The third-order valence-electron chi connectivity index (χ3n) is 2.64. The van der Waals surface area contributed by atoms with Crippen molar-refractivity contribution in [3.05, 3.63) is 52.1 Å². The number of carbonyl (C=O) groups excluding carboxylic acids is 1. The van der Waals surface area contributed by atoms with Gasteiger partial charge in [0.15, 0.2) is 0 Å². The fraction of sp³-hybridized carbons (Fsp3) is 0.357. The molecule has 1 aromatic carbocycles. The summed E-state index contributed by atoms with van der Waals surface area (Å²) in [6.45, 7) is 4.32. The summed E-state index contributed by atoms with van der Waals surface area (Å²) in [6, 6.07) is 5.38. The van der Waals surface area contributed by atoms with Gasteiger partial charge in [-0.25, -0.2) is 4.79 Å². The number of hydrogen-bond donors (Lipinski definition) is 0. The van der Waals surface area contributed by atoms with Crippen molar-refractivity contribution in [1.29, 1.82) is 0 Å². The van der Waals surface area contributed by atoms with Crippen LogP contribution in [0.3, 0.4) is 0 Å². The molecule has 0 spiro atoms. The second kappa shape index (κ2) is 7.31. The lowest BCUT2D eigenvalue weighted by atomic mass is 10.1. The maximum absolute atomic E-state index is 11.7. The summed E-state index contributed by atoms with van der Waals surface area (Å²) in [5.74, 6) is -0.0998. The lowest BCUT2D eigenvalue weighted by molar-refractivity contribution is -0.384. The number of nitrogens with zero attached hydrogens (tertiary/aromatic N) is 1. The maximum Gasteiger partial charge on any atom is 0.338 e. The Labute approximate surface area is 112 Å². The Hall–Kier alpha value is -2.17. The standard InChI is InChI=1S/C14H17NO4/c1-3-4-11(2)9-10-19-14(16)12-5-7-13(8-6-12)15(17)18/h3-8,11H,9-10H2,1-2H3/b4-3+. The Kier molecular flexibility index (Phi) is 5.73. The molecule has 1 atom stereocenters. The molecule has 19 heavy (non-hydrogen) atoms. The smallest absolute Gasteiger partial charge is 0.338 e. The molecule has 0 saturated heterocycles. The Morgan fingerprint density at radius 1 is 1.42 bits per heavy atom. The number of nitro groups is 1. The van der Waals surface area contributed by atoms with Gasteiger partial charge in [0, 0.05) is 12.1 Å². The van der Waals surface area contributed by atoms with Crippen molar-refractivity contribution in [1.82, 2.24) is 0 Å². The van der Waals surface area contributed by atoms with Gasteiger partial charge in [-0.3, -0.25) is 10.1 Å². The molecule has 0 heterocycles. The second-order valence-electron chi connectivity index (χ2n) is 4.23. The van der Waals surface area contributed by atoms with Gasteiger partial charge in [0.05, 0.1) is 17.1 Å². The number of hydrogen-bond acceptors (Lipinski definition) is 4. The normalized spacial score (nSPS) is 12.3. The summed E-state index contributed by atoms with van der Waals surface area (Å²) >= 11 is 0. The average molecular weight is 263 g/mol. The van der Waals surface area contributed by atoms with Crippen LogP contribution in [0, 0.1) is 16.0 Å². The molecule has 0 aliphatic carbocycles. The van der Waals surface area contributed by atoms with E-state index >= 15 is 0 Å². The first kappa shape index (κ1) is 14.9. The molecule has 0 aliphatic heterocycles. The summed E-state index contributed by atoms with van der Waals surface area (Å²) in [7, 11) is 0. The van der Waals surface area contributed by atoms with Crippen LogP contribution in [0.15, 0.2) is 36.4 Å². The highest BCUT2D eigenvalue weighted by Gasteiger charge is 2.10. The molecular formula is C14H17NO4. The van der Waals surface area contributed by atoms with E-state index < -0.39 is 10.9 Å². The number of nitro benzene ring substituents is 1. The first-order valence-electron chi connectivity index (χ1n) is 6.09. The average Bonchev–Trinajstić information content (AvgIpc) is 2.39. The molecular weight excluding hydrogens is 246 g/mol. The van der Waals surface area contributed by atoms with Crippen LogP contribution >= 0.6 is 0 Å². The third kappa shape index (κ3) is 4.91. The van der Waals surface area contributed by atoms with Gasteiger partial charge in [-0.15, -0.1) is 0 Å². The molecule has 1 rings (SSSR count). The van der Waals surface area contributed by atoms with E-state index in [1.54, 1.807) is 0 Å². The van der Waals surface area contributed by atoms with Gasteiger partial charge in [-0.2, -0.15) is 0 Å². The van der Waals surface area contributed by atoms with Crippen molar-refractivity contribution in [2.24, 2.45) is 5.92 Å². The molecule has 0 saturated carbocycles. The highest BCUT2D eigenvalue weighted by atomic mass is 16.6. The van der Waals surface area contributed by atoms with Crippen molar-refractivity contribution in [2.45, 2.75) is 20.3 Å². The predicted molar refractivity (Wildman–Crippen MR) is 72.0 cm³/mol. The summed E-state index contributed by atoms with van der Waals surface area (Å²) < 4.78 is 5.10. The van der Waals surface area contributed by atoms with Gasteiger partial charge in [-0.1, -0.05) is 19.1 Å². The largest absolute Gasteiger partial charge is 0.462 e. The molecule has 1 unspecified atom stereocenters. The number of benzene rings is 1. The number of esters is 1. The molecule has 0 radical (unpaired) electrons. The molecule has 1 aromatic rings. The molecule has 5 heteroatoms. The topological polar surface area (TPSA) is 69.4 Å². The first-order valence-corrected chi connectivity index (χ1v) is 6.09. The van der Waals surface area contributed by atoms with Crippen LogP contribution in [0.1, 0.15) is 30.6 Å². The lowest BCUT2D eigenvalue weighted by Crippen LogP contribution is -2.08. The third-order valence-corrected chi connectivity index (χ3v) is 2.64. The van der Waals surface area contributed by atoms with Crippen LogP contribution in [0.4, 0.5) is 5.69 Å². The molecule has 0 fully saturated rings. The SMILES string of the molecule is C/C=C/C(C)CCOC(=O)c1ccc([N+](=O)[O-])cc1. The van der Waals surface area contributed by atoms with E-state index in [0.717, 1.165) is 6.42 Å². The molecule has 0 aromatic heterocycles. The van der Waals surface area contributed by atoms with Crippen LogP contribution in [-0.4, -0.2) is 17.5 Å². The Balaban J connectivity index is 2.47. The zero-order valence-electron chi connectivity index (χ0n) is 11.0. The molecule has 5 nitrogen and oxygen atoms in total. The van der Waals surface area contributed by atoms with Crippen LogP contribution in [0.2, 0.25) is 0 Å². The van der Waals surface area contributed by atoms with E-state index in [1.165, 1.54) is 24.3 Å². The van der Waals surface area contributed by atoms with Gasteiger partial charge in [0.25, 0.3) is 5.69 Å². The maximum atomic E-state index is 11.7. The van der Waals surface area contributed by atoms with Crippen molar-refractivity contribution in [2.75, 3.05) is 6.61 Å². The second-order valence-corrected chi connectivity index (χ2v) is 4.23. The molecule has 0 bridgehead atoms. The Morgan fingerprint density at radius 2 is 2.05 bits per heavy atom. The molecule has 0 amide bonds. The summed E-state index contributed by atoms with van der Waals surface area (Å²) in [4.78, 5) is 21.6. The van der Waals surface area contributed by atoms with Gasteiger partial charge in [-0.05, 0) is 31.4 Å². The van der Waals surface area contributed by atoms with Crippen molar-refractivity contribution in [3.8, 4) is 0 Å². The Bertz CT molecular complexity index is 465. The van der Waals surface area contributed by atoms with Gasteiger partial charge in [0.2, 0.25) is 0 Å². The quantitative estimate of drug-likeness (QED) is 0.341. The lowest BCUT2D eigenvalue weighted by Gasteiger charge is -2.07. The minimum Gasteiger partial charge on any atom is -0.462 e. The van der Waals surface area contributed by atoms with E-state index in [0.29, 0.717) is 18.1 Å². The fourth-order valence-corrected chi connectivity index (χ4v) is 1.56. The number of non-ortho nitro benzene ring substituents is 1. The van der Waals surface area contributed by atoms with Crippen molar-refractivity contribution < 1.29 is 14.5 Å². The molecule has 0 aliphatic rings. The zero-order chi connectivity index (χ0) is 14.3. The summed E-state index contributed by atoms with van der Waals surface area (Å²) in [5, 5.41) is 10.5. The van der Waals surface area contributed by atoms with Crippen LogP contribution < -0.4 is 0 Å². The highest BCUT2D eigenvalue weighted by molar-refractivity contribution is 5.89. The van der Waals surface area contributed by atoms with E-state index in [-0.39, 0.29) is 5.69 Å². The highest BCUT2D eigenvalue weighted by Crippen LogP contribution is 2.13. The van der Waals surface area contributed by atoms with Crippen LogP contribution in [-0.2, 0) is 4.74 Å². The number of ether oxygens (including phenoxy) is 1. The molecule has 102 valence electrons. The fourth-order valence-electron chi connectivity index (χ4n) is 1.56. The van der Waals surface area contributed by atoms with Crippen molar-refractivity contribution in [3.63, 3.8) is 0 Å². The summed E-state index contributed by atoms with van der Waals surface area (Å²) in [6.07, 6.45) is 4.76.